The number of aliphatic hydroxyl groups is 1. The molecule has 1 aromatic heterocycles. The third-order valence-corrected chi connectivity index (χ3v) is 7.81. The van der Waals surface area contributed by atoms with E-state index < -0.39 is 0 Å². The molecule has 4 rings (SSSR count). The number of anilines is 1. The second kappa shape index (κ2) is 7.88. The highest BCUT2D eigenvalue weighted by molar-refractivity contribution is 7.99. The van der Waals surface area contributed by atoms with E-state index in [1.807, 2.05) is 17.0 Å². The first-order chi connectivity index (χ1) is 13.4. The van der Waals surface area contributed by atoms with E-state index in [9.17, 15) is 9.90 Å². The zero-order valence-electron chi connectivity index (χ0n) is 15.2. The van der Waals surface area contributed by atoms with Gasteiger partial charge in [-0.3, -0.25) is 4.79 Å². The van der Waals surface area contributed by atoms with E-state index >= 15 is 0 Å². The van der Waals surface area contributed by atoms with Crippen molar-refractivity contribution in [3.63, 3.8) is 0 Å². The maximum atomic E-state index is 12.6. The fourth-order valence-electron chi connectivity index (χ4n) is 4.32. The Balaban J connectivity index is 1.47. The summed E-state index contributed by atoms with van der Waals surface area (Å²) in [5.41, 5.74) is 6.04. The zero-order valence-corrected chi connectivity index (χ0v) is 17.5. The summed E-state index contributed by atoms with van der Waals surface area (Å²) in [5.74, 6) is 0.420. The number of nitrogens with zero attached hydrogens (tertiary/aromatic N) is 2. The van der Waals surface area contributed by atoms with Crippen molar-refractivity contribution in [1.29, 1.82) is 0 Å². The Morgan fingerprint density at radius 2 is 2.07 bits per heavy atom. The van der Waals surface area contributed by atoms with Crippen LogP contribution in [0.25, 0.3) is 0 Å². The quantitative estimate of drug-likeness (QED) is 0.677. The van der Waals surface area contributed by atoms with E-state index in [0.29, 0.717) is 40.4 Å². The highest BCUT2D eigenvalue weighted by Gasteiger charge is 2.46. The lowest BCUT2D eigenvalue weighted by atomic mass is 9.74. The molecule has 0 unspecified atom stereocenters. The summed E-state index contributed by atoms with van der Waals surface area (Å²) in [6.07, 6.45) is 4.48. The van der Waals surface area contributed by atoms with E-state index in [2.05, 4.69) is 9.97 Å². The lowest BCUT2D eigenvalue weighted by Crippen LogP contribution is -2.48. The number of rotatable bonds is 3. The third-order valence-electron chi connectivity index (χ3n) is 5.89. The van der Waals surface area contributed by atoms with Crippen LogP contribution in [0.4, 0.5) is 5.82 Å². The van der Waals surface area contributed by atoms with E-state index in [1.165, 1.54) is 11.8 Å². The van der Waals surface area contributed by atoms with E-state index in [-0.39, 0.29) is 23.1 Å². The highest BCUT2D eigenvalue weighted by Crippen LogP contribution is 2.45. The van der Waals surface area contributed by atoms with Gasteiger partial charge in [-0.05, 0) is 43.2 Å². The highest BCUT2D eigenvalue weighted by atomic mass is 35.5. The zero-order chi connectivity index (χ0) is 19.9. The number of halogens is 2. The number of aliphatic hydroxyl groups excluding tert-OH is 1. The fraction of sp³-hybridized carbons (Fsp3) is 0.474. The number of piperidine rings is 1. The molecule has 0 amide bonds. The summed E-state index contributed by atoms with van der Waals surface area (Å²) in [6.45, 7) is 1.42. The Morgan fingerprint density at radius 1 is 1.32 bits per heavy atom. The summed E-state index contributed by atoms with van der Waals surface area (Å²) in [5, 5.41) is 11.5. The van der Waals surface area contributed by atoms with Crippen LogP contribution in [0.3, 0.4) is 0 Å². The molecule has 150 valence electrons. The summed E-state index contributed by atoms with van der Waals surface area (Å²) < 4.78 is 0. The van der Waals surface area contributed by atoms with Crippen LogP contribution >= 0.6 is 35.0 Å². The minimum absolute atomic E-state index is 0.0121. The van der Waals surface area contributed by atoms with Crippen molar-refractivity contribution < 1.29 is 5.11 Å². The monoisotopic (exact) mass is 440 g/mol. The van der Waals surface area contributed by atoms with Crippen LogP contribution in [0.5, 0.6) is 0 Å². The molecule has 1 aliphatic heterocycles. The first kappa shape index (κ1) is 20.0. The number of aromatic nitrogens is 2. The molecule has 2 heterocycles. The van der Waals surface area contributed by atoms with Crippen LogP contribution < -0.4 is 16.2 Å². The molecule has 2 aliphatic rings. The van der Waals surface area contributed by atoms with Crippen LogP contribution in [-0.4, -0.2) is 40.3 Å². The predicted molar refractivity (Wildman–Crippen MR) is 113 cm³/mol. The molecule has 1 spiro atoms. The average molecular weight is 441 g/mol. The molecule has 1 aromatic carbocycles. The van der Waals surface area contributed by atoms with Crippen molar-refractivity contribution in [2.45, 2.75) is 47.8 Å². The molecule has 0 radical (unpaired) electrons. The van der Waals surface area contributed by atoms with E-state index in [4.69, 9.17) is 28.9 Å². The molecular formula is C19H22Cl2N4O2S. The van der Waals surface area contributed by atoms with Gasteiger partial charge in [-0.1, -0.05) is 41.0 Å². The molecule has 28 heavy (non-hydrogen) atoms. The van der Waals surface area contributed by atoms with Gasteiger partial charge in [0.25, 0.3) is 5.56 Å². The van der Waals surface area contributed by atoms with E-state index in [0.717, 1.165) is 24.2 Å². The van der Waals surface area contributed by atoms with Gasteiger partial charge in [0.15, 0.2) is 5.82 Å². The van der Waals surface area contributed by atoms with Gasteiger partial charge in [-0.25, -0.2) is 4.98 Å². The van der Waals surface area contributed by atoms with Crippen molar-refractivity contribution in [3.05, 3.63) is 44.8 Å². The average Bonchev–Trinajstić information content (AvgIpc) is 2.93. The molecule has 6 nitrogen and oxygen atoms in total. The minimum Gasteiger partial charge on any atom is -0.393 e. The first-order valence-electron chi connectivity index (χ1n) is 9.28. The van der Waals surface area contributed by atoms with Gasteiger partial charge in [0.2, 0.25) is 0 Å². The minimum atomic E-state index is -0.308. The predicted octanol–water partition coefficient (Wildman–Crippen LogP) is 3.30. The normalized spacial score (nSPS) is 24.1. The maximum Gasteiger partial charge on any atom is 0.291 e. The lowest BCUT2D eigenvalue weighted by Gasteiger charge is -2.42. The molecule has 2 fully saturated rings. The molecule has 1 aliphatic carbocycles. The van der Waals surface area contributed by atoms with Crippen LogP contribution in [-0.2, 0) is 0 Å². The fourth-order valence-corrected chi connectivity index (χ4v) is 5.63. The molecule has 0 bridgehead atoms. The van der Waals surface area contributed by atoms with E-state index in [1.54, 1.807) is 12.3 Å². The molecule has 9 heteroatoms. The Kier molecular flexibility index (Phi) is 5.64. The van der Waals surface area contributed by atoms with Crippen LogP contribution in [0.2, 0.25) is 10.0 Å². The van der Waals surface area contributed by atoms with Gasteiger partial charge < -0.3 is 20.7 Å². The number of benzene rings is 1. The lowest BCUT2D eigenvalue weighted by molar-refractivity contribution is 0.141. The second-order valence-electron chi connectivity index (χ2n) is 7.60. The van der Waals surface area contributed by atoms with Gasteiger partial charge in [-0.15, -0.1) is 0 Å². The van der Waals surface area contributed by atoms with Crippen LogP contribution in [0.1, 0.15) is 25.7 Å². The molecule has 4 N–H and O–H groups in total. The van der Waals surface area contributed by atoms with Crippen molar-refractivity contribution in [2.75, 3.05) is 18.0 Å². The van der Waals surface area contributed by atoms with Crippen molar-refractivity contribution in [2.24, 2.45) is 11.1 Å². The van der Waals surface area contributed by atoms with Crippen molar-refractivity contribution >= 4 is 40.8 Å². The number of nitrogens with two attached hydrogens (primary N) is 1. The standard InChI is InChI=1S/C19H22Cl2N4O2S/c20-12-2-1-3-13(16(12)21)28-15-10-23-17(18(27)24-15)25-6-4-19(5-7-25)9-11(26)8-14(19)22/h1-3,10-11,14,26H,4-9,22H2,(H,24,27)/t11-,14+/m0/s1. The van der Waals surface area contributed by atoms with Crippen molar-refractivity contribution in [1.82, 2.24) is 9.97 Å². The topological polar surface area (TPSA) is 95.2 Å². The third kappa shape index (κ3) is 3.78. The number of H-pyrrole nitrogens is 1. The SMILES string of the molecule is N[C@@H]1C[C@H](O)CC12CCN(c1ncc(Sc3cccc(Cl)c3Cl)[nH]c1=O)CC2. The van der Waals surface area contributed by atoms with Gasteiger partial charge in [0.1, 0.15) is 0 Å². The van der Waals surface area contributed by atoms with Gasteiger partial charge in [0.05, 0.1) is 27.4 Å². The first-order valence-corrected chi connectivity index (χ1v) is 10.8. The number of hydrogen-bond acceptors (Lipinski definition) is 6. The van der Waals surface area contributed by atoms with Gasteiger partial charge in [0, 0.05) is 24.0 Å². The number of hydrogen-bond donors (Lipinski definition) is 3. The van der Waals surface area contributed by atoms with Crippen molar-refractivity contribution in [3.8, 4) is 0 Å². The maximum absolute atomic E-state index is 12.6. The summed E-state index contributed by atoms with van der Waals surface area (Å²) in [7, 11) is 0. The largest absolute Gasteiger partial charge is 0.393 e. The Hall–Kier alpha value is -1.25. The Bertz CT molecular complexity index is 930. The summed E-state index contributed by atoms with van der Waals surface area (Å²) >= 11 is 13.6. The summed E-state index contributed by atoms with van der Waals surface area (Å²) in [6, 6.07) is 5.40. The molecule has 2 aromatic rings. The Morgan fingerprint density at radius 3 is 2.71 bits per heavy atom. The van der Waals surface area contributed by atoms with Crippen LogP contribution in [0.15, 0.2) is 39.1 Å². The molecule has 1 saturated heterocycles. The summed E-state index contributed by atoms with van der Waals surface area (Å²) in [4.78, 5) is 22.7. The molecule has 1 saturated carbocycles. The molecule has 2 atom stereocenters. The molecular weight excluding hydrogens is 419 g/mol. The van der Waals surface area contributed by atoms with Crippen LogP contribution in [0, 0.1) is 5.41 Å². The smallest absolute Gasteiger partial charge is 0.291 e. The number of aromatic amines is 1. The van der Waals surface area contributed by atoms with Gasteiger partial charge >= 0.3 is 0 Å². The van der Waals surface area contributed by atoms with Gasteiger partial charge in [-0.2, -0.15) is 0 Å². The number of nitrogens with one attached hydrogen (secondary N) is 1. The Labute approximate surface area is 177 Å². The second-order valence-corrected chi connectivity index (χ2v) is 9.47.